The van der Waals surface area contributed by atoms with Crippen molar-refractivity contribution in [1.82, 2.24) is 15.5 Å². The smallest absolute Gasteiger partial charge is 0.422 e. The summed E-state index contributed by atoms with van der Waals surface area (Å²) in [5.74, 6) is -1.94. The molecule has 0 spiro atoms. The standard InChI is InChI=1S/C28H39F6N5O4/c1-18(3-2-14-39(15-12-35)16-13-36)25(41)38-23(24(40)19-4-6-20(7-5-19)28(32,33)34)26(42)37-21-8-10-22(11-9-21)43-17-27(29,30)31/h4-8,10,18,23-24,40H,2-3,9,11-17,35-36H2,1H3,(H,37,42)(H,38,41). The Hall–Kier alpha value is -3.14. The van der Waals surface area contributed by atoms with Crippen molar-refractivity contribution in [2.45, 2.75) is 57.1 Å². The third-order valence-electron chi connectivity index (χ3n) is 6.74. The van der Waals surface area contributed by atoms with E-state index >= 15 is 0 Å². The highest BCUT2D eigenvalue weighted by atomic mass is 19.4. The number of nitrogens with zero attached hydrogens (tertiary/aromatic N) is 1. The minimum Gasteiger partial charge on any atom is -0.488 e. The van der Waals surface area contributed by atoms with Gasteiger partial charge in [-0.3, -0.25) is 9.59 Å². The molecule has 0 aliphatic heterocycles. The van der Waals surface area contributed by atoms with Gasteiger partial charge in [-0.05, 0) is 55.7 Å². The van der Waals surface area contributed by atoms with E-state index in [1.165, 1.54) is 12.2 Å². The quantitative estimate of drug-likeness (QED) is 0.178. The molecule has 0 radical (unpaired) electrons. The lowest BCUT2D eigenvalue weighted by Crippen LogP contribution is -2.51. The first-order valence-corrected chi connectivity index (χ1v) is 13.8. The summed E-state index contributed by atoms with van der Waals surface area (Å²) >= 11 is 0. The van der Waals surface area contributed by atoms with Crippen molar-refractivity contribution in [1.29, 1.82) is 0 Å². The normalized spacial score (nSPS) is 16.2. The number of ether oxygens (including phenoxy) is 1. The zero-order chi connectivity index (χ0) is 32.2. The van der Waals surface area contributed by atoms with Crippen molar-refractivity contribution in [2.24, 2.45) is 17.4 Å². The van der Waals surface area contributed by atoms with Gasteiger partial charge in [0.2, 0.25) is 11.8 Å². The van der Waals surface area contributed by atoms with Crippen LogP contribution in [0.25, 0.3) is 0 Å². The van der Waals surface area contributed by atoms with E-state index in [1.807, 2.05) is 0 Å². The van der Waals surface area contributed by atoms with Gasteiger partial charge in [0.1, 0.15) is 12.1 Å². The number of carbonyl (C=O) groups is 2. The summed E-state index contributed by atoms with van der Waals surface area (Å²) in [6.45, 7) is 2.99. The van der Waals surface area contributed by atoms with E-state index in [0.717, 1.165) is 24.3 Å². The van der Waals surface area contributed by atoms with Crippen LogP contribution < -0.4 is 22.1 Å². The largest absolute Gasteiger partial charge is 0.488 e. The molecule has 242 valence electrons. The Morgan fingerprint density at radius 2 is 1.60 bits per heavy atom. The Labute approximate surface area is 246 Å². The minimum absolute atomic E-state index is 0.0410. The summed E-state index contributed by atoms with van der Waals surface area (Å²) in [7, 11) is 0. The van der Waals surface area contributed by atoms with Gasteiger partial charge >= 0.3 is 12.4 Å². The van der Waals surface area contributed by atoms with Crippen LogP contribution in [0.15, 0.2) is 47.9 Å². The van der Waals surface area contributed by atoms with Crippen LogP contribution in [0.4, 0.5) is 26.3 Å². The zero-order valence-corrected chi connectivity index (χ0v) is 23.8. The van der Waals surface area contributed by atoms with Crippen molar-refractivity contribution in [3.05, 3.63) is 59.0 Å². The summed E-state index contributed by atoms with van der Waals surface area (Å²) in [4.78, 5) is 28.4. The number of carbonyl (C=O) groups excluding carboxylic acids is 2. The molecule has 43 heavy (non-hydrogen) atoms. The molecule has 0 saturated heterocycles. The van der Waals surface area contributed by atoms with E-state index in [9.17, 15) is 41.0 Å². The van der Waals surface area contributed by atoms with Crippen LogP contribution in [0.1, 0.15) is 49.8 Å². The maximum absolute atomic E-state index is 13.3. The number of aliphatic hydroxyl groups excluding tert-OH is 1. The number of nitrogens with one attached hydrogen (secondary N) is 2. The second-order valence-electron chi connectivity index (χ2n) is 10.2. The Morgan fingerprint density at radius 1 is 0.977 bits per heavy atom. The van der Waals surface area contributed by atoms with Gasteiger partial charge < -0.3 is 36.8 Å². The number of alkyl halides is 6. The first-order chi connectivity index (χ1) is 20.1. The fourth-order valence-corrected chi connectivity index (χ4v) is 4.35. The molecule has 1 aromatic carbocycles. The predicted molar refractivity (Wildman–Crippen MR) is 147 cm³/mol. The number of allylic oxidation sites excluding steroid dienone is 4. The number of nitrogens with two attached hydrogens (primary N) is 2. The molecule has 15 heteroatoms. The Balaban J connectivity index is 2.16. The molecule has 1 aromatic rings. The van der Waals surface area contributed by atoms with Gasteiger partial charge in [0, 0.05) is 44.2 Å². The zero-order valence-electron chi connectivity index (χ0n) is 23.8. The monoisotopic (exact) mass is 623 g/mol. The minimum atomic E-state index is -4.61. The third kappa shape index (κ3) is 12.6. The molecule has 9 nitrogen and oxygen atoms in total. The van der Waals surface area contributed by atoms with E-state index < -0.39 is 54.4 Å². The van der Waals surface area contributed by atoms with Crippen molar-refractivity contribution in [3.8, 4) is 0 Å². The van der Waals surface area contributed by atoms with E-state index in [0.29, 0.717) is 45.6 Å². The SMILES string of the molecule is CC(CCCN(CCN)CCN)C(=O)NC(C(=O)NC1=CC=C(OCC(F)(F)F)CC1)C(O)c1ccc(C(F)(F)F)cc1. The molecule has 1 aliphatic carbocycles. The molecule has 3 unspecified atom stereocenters. The number of benzene rings is 1. The number of amides is 2. The topological polar surface area (TPSA) is 143 Å². The predicted octanol–water partition coefficient (Wildman–Crippen LogP) is 3.12. The molecule has 0 aromatic heterocycles. The summed E-state index contributed by atoms with van der Waals surface area (Å²) in [5, 5.41) is 16.1. The number of hydrogen-bond donors (Lipinski definition) is 5. The fourth-order valence-electron chi connectivity index (χ4n) is 4.35. The van der Waals surface area contributed by atoms with Crippen LogP contribution in [0.5, 0.6) is 0 Å². The number of aliphatic hydroxyl groups is 1. The van der Waals surface area contributed by atoms with Crippen molar-refractivity contribution < 1.29 is 45.8 Å². The van der Waals surface area contributed by atoms with Gasteiger partial charge in [-0.1, -0.05) is 19.1 Å². The summed E-state index contributed by atoms with van der Waals surface area (Å²) < 4.78 is 81.1. The maximum atomic E-state index is 13.3. The van der Waals surface area contributed by atoms with Crippen LogP contribution in [0.3, 0.4) is 0 Å². The molecule has 0 heterocycles. The molecule has 0 saturated carbocycles. The van der Waals surface area contributed by atoms with Gasteiger partial charge in [-0.25, -0.2) is 0 Å². The fraction of sp³-hybridized carbons (Fsp3) is 0.571. The van der Waals surface area contributed by atoms with Crippen LogP contribution in [0, 0.1) is 5.92 Å². The lowest BCUT2D eigenvalue weighted by atomic mass is 9.97. The number of halogens is 6. The van der Waals surface area contributed by atoms with Crippen LogP contribution in [-0.4, -0.2) is 73.4 Å². The van der Waals surface area contributed by atoms with E-state index in [-0.39, 0.29) is 29.9 Å². The third-order valence-corrected chi connectivity index (χ3v) is 6.74. The Bertz CT molecular complexity index is 1100. The summed E-state index contributed by atoms with van der Waals surface area (Å²) in [5.41, 5.74) is 10.5. The van der Waals surface area contributed by atoms with E-state index in [1.54, 1.807) is 6.92 Å². The maximum Gasteiger partial charge on any atom is 0.422 e. The lowest BCUT2D eigenvalue weighted by molar-refractivity contribution is -0.165. The first-order valence-electron chi connectivity index (χ1n) is 13.8. The molecular formula is C28H39F6N5O4. The Morgan fingerprint density at radius 3 is 2.12 bits per heavy atom. The highest BCUT2D eigenvalue weighted by molar-refractivity contribution is 5.90. The second-order valence-corrected chi connectivity index (χ2v) is 10.2. The molecule has 1 aliphatic rings. The van der Waals surface area contributed by atoms with Gasteiger partial charge in [-0.2, -0.15) is 26.3 Å². The van der Waals surface area contributed by atoms with Crippen molar-refractivity contribution in [3.63, 3.8) is 0 Å². The molecule has 3 atom stereocenters. The van der Waals surface area contributed by atoms with Crippen LogP contribution in [-0.2, 0) is 20.5 Å². The van der Waals surface area contributed by atoms with Gasteiger partial charge in [-0.15, -0.1) is 0 Å². The van der Waals surface area contributed by atoms with Gasteiger partial charge in [0.25, 0.3) is 0 Å². The molecule has 7 N–H and O–H groups in total. The molecule has 2 amide bonds. The van der Waals surface area contributed by atoms with Crippen LogP contribution in [0.2, 0.25) is 0 Å². The molecule has 0 bridgehead atoms. The van der Waals surface area contributed by atoms with Gasteiger partial charge in [0.15, 0.2) is 6.61 Å². The molecular weight excluding hydrogens is 584 g/mol. The summed E-state index contributed by atoms with van der Waals surface area (Å²) in [6, 6.07) is 1.94. The second kappa shape index (κ2) is 16.6. The van der Waals surface area contributed by atoms with Crippen molar-refractivity contribution >= 4 is 11.8 Å². The molecule has 2 rings (SSSR count). The highest BCUT2D eigenvalue weighted by Gasteiger charge is 2.34. The van der Waals surface area contributed by atoms with E-state index in [4.69, 9.17) is 16.2 Å². The summed E-state index contributed by atoms with van der Waals surface area (Å²) in [6.07, 6.45) is -7.02. The molecule has 0 fully saturated rings. The first kappa shape index (κ1) is 36.1. The lowest BCUT2D eigenvalue weighted by Gasteiger charge is -2.27. The average molecular weight is 624 g/mol. The average Bonchev–Trinajstić information content (AvgIpc) is 2.94. The van der Waals surface area contributed by atoms with Crippen molar-refractivity contribution in [2.75, 3.05) is 39.3 Å². The Kier molecular flexibility index (Phi) is 14.0. The van der Waals surface area contributed by atoms with Crippen LogP contribution >= 0.6 is 0 Å². The highest BCUT2D eigenvalue weighted by Crippen LogP contribution is 2.30. The van der Waals surface area contributed by atoms with E-state index in [2.05, 4.69) is 15.5 Å². The van der Waals surface area contributed by atoms with Gasteiger partial charge in [0.05, 0.1) is 11.3 Å². The number of hydrogen-bond acceptors (Lipinski definition) is 7. The number of rotatable bonds is 16.